The molecule has 2 aliphatic rings. The number of rotatable bonds is 7. The molecule has 2 N–H and O–H groups in total. The van der Waals surface area contributed by atoms with Gasteiger partial charge in [-0.3, -0.25) is 9.69 Å². The molecule has 0 unspecified atom stereocenters. The summed E-state index contributed by atoms with van der Waals surface area (Å²) in [6, 6.07) is 5.86. The fraction of sp³-hybridized carbons (Fsp3) is 0.632. The number of aliphatic hydroxyl groups is 1. The predicted octanol–water partition coefficient (Wildman–Crippen LogP) is 1.41. The highest BCUT2D eigenvalue weighted by atomic mass is 16.5. The largest absolute Gasteiger partial charge is 0.493 e. The van der Waals surface area contributed by atoms with E-state index >= 15 is 0 Å². The van der Waals surface area contributed by atoms with Gasteiger partial charge in [0.15, 0.2) is 11.5 Å². The van der Waals surface area contributed by atoms with Gasteiger partial charge in [0, 0.05) is 49.7 Å². The molecule has 0 aromatic heterocycles. The number of carbonyl (C=O) groups excluding carboxylic acids is 1. The lowest BCUT2D eigenvalue weighted by molar-refractivity contribution is -0.128. The van der Waals surface area contributed by atoms with Crippen LogP contribution in [0.25, 0.3) is 0 Å². The average molecular weight is 348 g/mol. The molecular formula is C19H28N2O4. The van der Waals surface area contributed by atoms with E-state index in [0.29, 0.717) is 12.3 Å². The van der Waals surface area contributed by atoms with Crippen LogP contribution in [0.5, 0.6) is 11.5 Å². The van der Waals surface area contributed by atoms with Crippen LogP contribution in [0.15, 0.2) is 18.2 Å². The zero-order chi connectivity index (χ0) is 17.8. The van der Waals surface area contributed by atoms with Gasteiger partial charge in [-0.2, -0.15) is 0 Å². The zero-order valence-electron chi connectivity index (χ0n) is 15.0. The summed E-state index contributed by atoms with van der Waals surface area (Å²) in [6.45, 7) is 2.28. The third-order valence-corrected chi connectivity index (χ3v) is 5.43. The predicted molar refractivity (Wildman–Crippen MR) is 94.7 cm³/mol. The van der Waals surface area contributed by atoms with Gasteiger partial charge >= 0.3 is 0 Å². The van der Waals surface area contributed by atoms with Crippen LogP contribution in [-0.4, -0.2) is 55.9 Å². The first-order valence-electron chi connectivity index (χ1n) is 8.99. The SMILES string of the molecule is COc1cccc(CN2C[C@@H](CO)[C@H](NC(=O)C3CCC3)C2)c1OC. The van der Waals surface area contributed by atoms with Crippen LogP contribution in [0.2, 0.25) is 0 Å². The van der Waals surface area contributed by atoms with Gasteiger partial charge in [0.1, 0.15) is 0 Å². The Morgan fingerprint density at radius 2 is 2.08 bits per heavy atom. The molecule has 1 heterocycles. The number of nitrogens with zero attached hydrogens (tertiary/aromatic N) is 1. The maximum Gasteiger partial charge on any atom is 0.223 e. The van der Waals surface area contributed by atoms with Gasteiger partial charge in [-0.05, 0) is 18.9 Å². The van der Waals surface area contributed by atoms with Crippen molar-refractivity contribution in [1.82, 2.24) is 10.2 Å². The van der Waals surface area contributed by atoms with Gasteiger partial charge in [-0.25, -0.2) is 0 Å². The molecule has 0 bridgehead atoms. The van der Waals surface area contributed by atoms with E-state index in [2.05, 4.69) is 10.2 Å². The summed E-state index contributed by atoms with van der Waals surface area (Å²) in [6.07, 6.45) is 3.13. The molecule has 2 atom stereocenters. The fourth-order valence-corrected chi connectivity index (χ4v) is 3.73. The molecule has 138 valence electrons. The van der Waals surface area contributed by atoms with E-state index in [1.807, 2.05) is 18.2 Å². The smallest absolute Gasteiger partial charge is 0.223 e. The first-order valence-corrected chi connectivity index (χ1v) is 8.99. The maximum atomic E-state index is 12.2. The number of amides is 1. The molecule has 2 fully saturated rings. The zero-order valence-corrected chi connectivity index (χ0v) is 15.0. The minimum atomic E-state index is 0.00898. The van der Waals surface area contributed by atoms with Crippen molar-refractivity contribution in [1.29, 1.82) is 0 Å². The van der Waals surface area contributed by atoms with Gasteiger partial charge in [0.2, 0.25) is 5.91 Å². The van der Waals surface area contributed by atoms with Crippen LogP contribution in [0.1, 0.15) is 24.8 Å². The topological polar surface area (TPSA) is 71.0 Å². The third kappa shape index (κ3) is 3.90. The van der Waals surface area contributed by atoms with Crippen molar-refractivity contribution in [2.24, 2.45) is 11.8 Å². The van der Waals surface area contributed by atoms with Crippen LogP contribution >= 0.6 is 0 Å². The molecule has 25 heavy (non-hydrogen) atoms. The number of hydrogen-bond donors (Lipinski definition) is 2. The molecule has 1 aromatic carbocycles. The highest BCUT2D eigenvalue weighted by Gasteiger charge is 2.36. The quantitative estimate of drug-likeness (QED) is 0.780. The molecule has 3 rings (SSSR count). The van der Waals surface area contributed by atoms with Gasteiger partial charge in [0.05, 0.1) is 14.2 Å². The minimum Gasteiger partial charge on any atom is -0.493 e. The van der Waals surface area contributed by atoms with E-state index < -0.39 is 0 Å². The molecule has 6 nitrogen and oxygen atoms in total. The number of likely N-dealkylation sites (tertiary alicyclic amines) is 1. The second-order valence-corrected chi connectivity index (χ2v) is 7.03. The molecule has 1 aliphatic carbocycles. The Kier molecular flexibility index (Phi) is 5.81. The summed E-state index contributed by atoms with van der Waals surface area (Å²) in [4.78, 5) is 14.5. The molecule has 1 aliphatic heterocycles. The second kappa shape index (κ2) is 8.06. The summed E-state index contributed by atoms with van der Waals surface area (Å²) in [5, 5.41) is 12.9. The summed E-state index contributed by atoms with van der Waals surface area (Å²) in [5.41, 5.74) is 1.05. The fourth-order valence-electron chi connectivity index (χ4n) is 3.73. The average Bonchev–Trinajstić information content (AvgIpc) is 2.94. The Balaban J connectivity index is 1.65. The van der Waals surface area contributed by atoms with Crippen molar-refractivity contribution in [3.8, 4) is 11.5 Å². The van der Waals surface area contributed by atoms with Crippen LogP contribution < -0.4 is 14.8 Å². The number of ether oxygens (including phenoxy) is 2. The molecule has 1 amide bonds. The summed E-state index contributed by atoms with van der Waals surface area (Å²) in [7, 11) is 3.27. The van der Waals surface area contributed by atoms with Crippen LogP contribution in [0, 0.1) is 11.8 Å². The van der Waals surface area contributed by atoms with Crippen molar-refractivity contribution in [2.45, 2.75) is 31.8 Å². The Hall–Kier alpha value is -1.79. The first-order chi connectivity index (χ1) is 12.2. The van der Waals surface area contributed by atoms with Crippen molar-refractivity contribution in [2.75, 3.05) is 33.9 Å². The third-order valence-electron chi connectivity index (χ3n) is 5.43. The number of para-hydroxylation sites is 1. The number of hydrogen-bond acceptors (Lipinski definition) is 5. The van der Waals surface area contributed by atoms with Gasteiger partial charge in [-0.1, -0.05) is 18.6 Å². The van der Waals surface area contributed by atoms with E-state index in [9.17, 15) is 9.90 Å². The molecule has 6 heteroatoms. The lowest BCUT2D eigenvalue weighted by Gasteiger charge is -2.27. The van der Waals surface area contributed by atoms with Crippen molar-refractivity contribution in [3.63, 3.8) is 0 Å². The summed E-state index contributed by atoms with van der Waals surface area (Å²) < 4.78 is 10.9. The molecular weight excluding hydrogens is 320 g/mol. The first kappa shape index (κ1) is 18.0. The standard InChI is InChI=1S/C19H28N2O4/c1-24-17-8-4-7-14(18(17)25-2)9-21-10-15(12-22)16(11-21)20-19(23)13-5-3-6-13/h4,7-8,13,15-16,22H,3,5-6,9-12H2,1-2H3,(H,20,23)/t15-,16+/m0/s1. The lowest BCUT2D eigenvalue weighted by atomic mass is 9.84. The maximum absolute atomic E-state index is 12.2. The van der Waals surface area contributed by atoms with E-state index in [-0.39, 0.29) is 30.4 Å². The van der Waals surface area contributed by atoms with E-state index in [1.54, 1.807) is 14.2 Å². The number of methoxy groups -OCH3 is 2. The molecule has 1 aromatic rings. The number of benzene rings is 1. The van der Waals surface area contributed by atoms with Crippen molar-refractivity contribution >= 4 is 5.91 Å². The Bertz CT molecular complexity index is 603. The Labute approximate surface area is 149 Å². The number of carbonyl (C=O) groups is 1. The number of nitrogens with one attached hydrogen (secondary N) is 1. The van der Waals surface area contributed by atoms with Gasteiger partial charge < -0.3 is 19.9 Å². The highest BCUT2D eigenvalue weighted by molar-refractivity contribution is 5.79. The number of aliphatic hydroxyl groups excluding tert-OH is 1. The molecule has 0 spiro atoms. The minimum absolute atomic E-state index is 0.00898. The van der Waals surface area contributed by atoms with Gasteiger partial charge in [0.25, 0.3) is 0 Å². The van der Waals surface area contributed by atoms with E-state index in [0.717, 1.165) is 43.7 Å². The van der Waals surface area contributed by atoms with E-state index in [1.165, 1.54) is 0 Å². The Morgan fingerprint density at radius 1 is 1.28 bits per heavy atom. The van der Waals surface area contributed by atoms with Crippen LogP contribution in [0.4, 0.5) is 0 Å². The van der Waals surface area contributed by atoms with Gasteiger partial charge in [-0.15, -0.1) is 0 Å². The summed E-state index contributed by atoms with van der Waals surface area (Å²) in [5.74, 6) is 1.85. The molecule has 0 radical (unpaired) electrons. The molecule has 1 saturated heterocycles. The molecule has 1 saturated carbocycles. The highest BCUT2D eigenvalue weighted by Crippen LogP contribution is 2.33. The van der Waals surface area contributed by atoms with Crippen LogP contribution in [-0.2, 0) is 11.3 Å². The van der Waals surface area contributed by atoms with E-state index in [4.69, 9.17) is 9.47 Å². The Morgan fingerprint density at radius 3 is 2.68 bits per heavy atom. The van der Waals surface area contributed by atoms with Crippen LogP contribution in [0.3, 0.4) is 0 Å². The van der Waals surface area contributed by atoms with Crippen molar-refractivity contribution < 1.29 is 19.4 Å². The summed E-state index contributed by atoms with van der Waals surface area (Å²) >= 11 is 0. The van der Waals surface area contributed by atoms with Crippen molar-refractivity contribution in [3.05, 3.63) is 23.8 Å². The second-order valence-electron chi connectivity index (χ2n) is 7.03. The monoisotopic (exact) mass is 348 g/mol. The lowest BCUT2D eigenvalue weighted by Crippen LogP contribution is -2.45. The normalized spacial score (nSPS) is 24.0.